The van der Waals surface area contributed by atoms with Gasteiger partial charge in [-0.25, -0.2) is 14.7 Å². The summed E-state index contributed by atoms with van der Waals surface area (Å²) >= 11 is 0. The highest BCUT2D eigenvalue weighted by Crippen LogP contribution is 2.40. The van der Waals surface area contributed by atoms with Gasteiger partial charge in [-0.2, -0.15) is 0 Å². The van der Waals surface area contributed by atoms with Gasteiger partial charge >= 0.3 is 11.8 Å². The molecule has 10 nitrogen and oxygen atoms in total. The van der Waals surface area contributed by atoms with Crippen molar-refractivity contribution in [1.82, 2.24) is 20.5 Å². The van der Waals surface area contributed by atoms with Gasteiger partial charge in [0.25, 0.3) is 0 Å². The summed E-state index contributed by atoms with van der Waals surface area (Å²) in [5.41, 5.74) is 3.97. The summed E-state index contributed by atoms with van der Waals surface area (Å²) in [5, 5.41) is 9.14. The second kappa shape index (κ2) is 10.6. The van der Waals surface area contributed by atoms with Gasteiger partial charge in [0.1, 0.15) is 11.6 Å². The van der Waals surface area contributed by atoms with Crippen molar-refractivity contribution in [3.63, 3.8) is 0 Å². The molecule has 2 aromatic heterocycles. The Morgan fingerprint density at radius 2 is 1.85 bits per heavy atom. The molecule has 2 N–H and O–H groups in total. The number of carbonyl (C=O) groups excluding carboxylic acids is 2. The van der Waals surface area contributed by atoms with Gasteiger partial charge in [-0.05, 0) is 73.7 Å². The van der Waals surface area contributed by atoms with Crippen molar-refractivity contribution < 1.29 is 18.7 Å². The van der Waals surface area contributed by atoms with Gasteiger partial charge in [-0.1, -0.05) is 30.3 Å². The molecule has 2 aromatic carbocycles. The molecule has 2 amide bonds. The lowest BCUT2D eigenvalue weighted by Gasteiger charge is -2.27. The van der Waals surface area contributed by atoms with Crippen LogP contribution in [0.25, 0.3) is 22.6 Å². The lowest BCUT2D eigenvalue weighted by Crippen LogP contribution is -2.50. The van der Waals surface area contributed by atoms with E-state index < -0.39 is 23.5 Å². The minimum atomic E-state index is -0.871. The van der Waals surface area contributed by atoms with Crippen LogP contribution in [0.15, 0.2) is 76.2 Å². The number of hydrogen-bond donors (Lipinski definition) is 2. The van der Waals surface area contributed by atoms with E-state index in [1.54, 1.807) is 38.1 Å². The number of pyridine rings is 1. The first-order valence-corrected chi connectivity index (χ1v) is 12.7. The Morgan fingerprint density at radius 3 is 2.51 bits per heavy atom. The van der Waals surface area contributed by atoms with Crippen LogP contribution in [-0.4, -0.2) is 45.4 Å². The number of ether oxygens (including phenoxy) is 1. The maximum Gasteiger partial charge on any atom is 0.434 e. The van der Waals surface area contributed by atoms with Crippen LogP contribution < -0.4 is 16.0 Å². The van der Waals surface area contributed by atoms with Crippen LogP contribution in [0.3, 0.4) is 0 Å². The molecule has 0 saturated heterocycles. The molecule has 10 heteroatoms. The van der Waals surface area contributed by atoms with E-state index in [-0.39, 0.29) is 18.2 Å². The van der Waals surface area contributed by atoms with Gasteiger partial charge in [0.05, 0.1) is 0 Å². The third-order valence-corrected chi connectivity index (χ3v) is 6.32. The molecule has 0 fully saturated rings. The van der Waals surface area contributed by atoms with Gasteiger partial charge in [-0.15, -0.1) is 5.10 Å². The minimum Gasteiger partial charge on any atom is -0.444 e. The second-order valence-corrected chi connectivity index (χ2v) is 10.3. The first-order valence-electron chi connectivity index (χ1n) is 12.7. The third kappa shape index (κ3) is 5.90. The number of alkyl carbamates (subject to hydrolysis) is 1. The third-order valence-electron chi connectivity index (χ3n) is 6.32. The quantitative estimate of drug-likeness (QED) is 0.386. The van der Waals surface area contributed by atoms with E-state index in [1.165, 1.54) is 0 Å². The number of nitrogens with one attached hydrogen (secondary N) is 2. The van der Waals surface area contributed by atoms with E-state index in [9.17, 15) is 14.4 Å². The molecule has 0 radical (unpaired) electrons. The molecular formula is C29H29N5O5. The Bertz CT molecular complexity index is 1540. The molecular weight excluding hydrogens is 498 g/mol. The fourth-order valence-electron chi connectivity index (χ4n) is 4.67. The molecule has 200 valence electrons. The topological polar surface area (TPSA) is 130 Å². The predicted octanol–water partition coefficient (Wildman–Crippen LogP) is 4.12. The van der Waals surface area contributed by atoms with Crippen molar-refractivity contribution in [3.05, 3.63) is 88.7 Å². The fourth-order valence-corrected chi connectivity index (χ4v) is 4.67. The largest absolute Gasteiger partial charge is 0.444 e. The van der Waals surface area contributed by atoms with Crippen molar-refractivity contribution >= 4 is 17.7 Å². The summed E-state index contributed by atoms with van der Waals surface area (Å²) in [4.78, 5) is 44.3. The number of H-pyrrole nitrogens is 1. The van der Waals surface area contributed by atoms with E-state index >= 15 is 0 Å². The van der Waals surface area contributed by atoms with Crippen LogP contribution in [0.5, 0.6) is 0 Å². The highest BCUT2D eigenvalue weighted by molar-refractivity contribution is 6.02. The second-order valence-electron chi connectivity index (χ2n) is 10.3. The molecule has 1 atom stereocenters. The van der Waals surface area contributed by atoms with E-state index in [1.807, 2.05) is 54.6 Å². The molecule has 0 bridgehead atoms. The van der Waals surface area contributed by atoms with Crippen molar-refractivity contribution in [1.29, 1.82) is 0 Å². The SMILES string of the molecule is CC(C)(C)OC(=O)N[C@@H](Cc1ccccc1)C(=O)N1CCc2c(-c3n[nH]c(=O)o3)cc(-c3ccncc3)cc21. The average molecular weight is 528 g/mol. The molecule has 0 unspecified atom stereocenters. The Hall–Kier alpha value is -4.73. The summed E-state index contributed by atoms with van der Waals surface area (Å²) in [6.45, 7) is 5.70. The summed E-state index contributed by atoms with van der Waals surface area (Å²) in [6, 6.07) is 16.2. The summed E-state index contributed by atoms with van der Waals surface area (Å²) < 4.78 is 10.8. The lowest BCUT2D eigenvalue weighted by atomic mass is 9.97. The molecule has 39 heavy (non-hydrogen) atoms. The standard InChI is InChI=1S/C29H29N5O5/c1-29(2,3)39-27(36)31-23(15-18-7-5-4-6-8-18)26(35)34-14-11-21-22(25-32-33-28(37)38-25)16-20(17-24(21)34)19-9-12-30-13-10-19/h4-10,12-13,16-17,23H,11,14-15H2,1-3H3,(H,31,36)(H,33,37)/t23-/m0/s1. The summed E-state index contributed by atoms with van der Waals surface area (Å²) in [6.07, 6.45) is 3.51. The van der Waals surface area contributed by atoms with Crippen LogP contribution in [0.4, 0.5) is 10.5 Å². The number of amides is 2. The maximum atomic E-state index is 14.1. The number of rotatable bonds is 6. The molecule has 0 spiro atoms. The van der Waals surface area contributed by atoms with E-state index in [0.717, 1.165) is 22.3 Å². The molecule has 3 heterocycles. The highest BCUT2D eigenvalue weighted by atomic mass is 16.6. The Kier molecular flexibility index (Phi) is 7.02. The first-order chi connectivity index (χ1) is 18.7. The Morgan fingerprint density at radius 1 is 1.10 bits per heavy atom. The normalized spacial score (nSPS) is 13.6. The molecule has 4 aromatic rings. The smallest absolute Gasteiger partial charge is 0.434 e. The van der Waals surface area contributed by atoms with E-state index in [0.29, 0.717) is 24.2 Å². The van der Waals surface area contributed by atoms with Gasteiger partial charge in [-0.3, -0.25) is 9.78 Å². The average Bonchev–Trinajstić information content (AvgIpc) is 3.53. The zero-order valence-electron chi connectivity index (χ0n) is 21.9. The van der Waals surface area contributed by atoms with Crippen molar-refractivity contribution in [2.75, 3.05) is 11.4 Å². The number of carbonyl (C=O) groups is 2. The zero-order chi connectivity index (χ0) is 27.6. The van der Waals surface area contributed by atoms with E-state index in [2.05, 4.69) is 20.5 Å². The number of hydrogen-bond acceptors (Lipinski definition) is 7. The molecule has 1 aliphatic heterocycles. The highest BCUT2D eigenvalue weighted by Gasteiger charge is 2.34. The molecule has 0 aliphatic carbocycles. The van der Waals surface area contributed by atoms with Crippen molar-refractivity contribution in [3.8, 4) is 22.6 Å². The van der Waals surface area contributed by atoms with Crippen LogP contribution in [0, 0.1) is 0 Å². The molecule has 0 saturated carbocycles. The van der Waals surface area contributed by atoms with E-state index in [4.69, 9.17) is 9.15 Å². The number of fused-ring (bicyclic) bond motifs is 1. The van der Waals surface area contributed by atoms with Gasteiger partial charge in [0.2, 0.25) is 11.8 Å². The minimum absolute atomic E-state index is 0.147. The monoisotopic (exact) mass is 527 g/mol. The summed E-state index contributed by atoms with van der Waals surface area (Å²) in [5.74, 6) is -0.789. The predicted molar refractivity (Wildman–Crippen MR) is 145 cm³/mol. The first kappa shape index (κ1) is 25.9. The molecule has 5 rings (SSSR count). The number of anilines is 1. The van der Waals surface area contributed by atoms with Gasteiger partial charge < -0.3 is 19.4 Å². The van der Waals surface area contributed by atoms with Crippen LogP contribution in [-0.2, 0) is 22.4 Å². The Balaban J connectivity index is 1.54. The van der Waals surface area contributed by atoms with Crippen molar-refractivity contribution in [2.45, 2.75) is 45.3 Å². The number of aromatic nitrogens is 3. The summed E-state index contributed by atoms with van der Waals surface area (Å²) in [7, 11) is 0. The number of benzene rings is 2. The lowest BCUT2D eigenvalue weighted by molar-refractivity contribution is -0.120. The van der Waals surface area contributed by atoms with Gasteiger partial charge in [0, 0.05) is 36.6 Å². The van der Waals surface area contributed by atoms with Crippen molar-refractivity contribution in [2.24, 2.45) is 0 Å². The zero-order valence-corrected chi connectivity index (χ0v) is 21.9. The number of nitrogens with zero attached hydrogens (tertiary/aromatic N) is 3. The van der Waals surface area contributed by atoms with Crippen LogP contribution in [0.1, 0.15) is 31.9 Å². The molecule has 1 aliphatic rings. The number of aromatic amines is 1. The fraction of sp³-hybridized carbons (Fsp3) is 0.276. The van der Waals surface area contributed by atoms with Crippen LogP contribution >= 0.6 is 0 Å². The maximum absolute atomic E-state index is 14.1. The van der Waals surface area contributed by atoms with Crippen LogP contribution in [0.2, 0.25) is 0 Å². The Labute approximate surface area is 225 Å². The van der Waals surface area contributed by atoms with Gasteiger partial charge in [0.15, 0.2) is 0 Å².